The predicted octanol–water partition coefficient (Wildman–Crippen LogP) is 4.83. The third kappa shape index (κ3) is 4.77. The fourth-order valence-corrected chi connectivity index (χ4v) is 5.23. The van der Waals surface area contributed by atoms with Crippen molar-refractivity contribution in [1.29, 1.82) is 0 Å². The molecule has 178 valence electrons. The minimum atomic E-state index is -0.549. The van der Waals surface area contributed by atoms with Gasteiger partial charge in [0.05, 0.1) is 26.0 Å². The van der Waals surface area contributed by atoms with E-state index in [9.17, 15) is 9.59 Å². The molecule has 4 rings (SSSR count). The minimum absolute atomic E-state index is 0.00190. The van der Waals surface area contributed by atoms with Gasteiger partial charge in [-0.3, -0.25) is 4.79 Å². The van der Waals surface area contributed by atoms with E-state index in [1.54, 1.807) is 39.2 Å². The molecule has 1 unspecified atom stereocenters. The number of carbonyl (C=O) groups excluding carboxylic acids is 2. The van der Waals surface area contributed by atoms with Gasteiger partial charge in [-0.25, -0.2) is 9.78 Å². The Morgan fingerprint density at radius 2 is 1.88 bits per heavy atom. The molecule has 0 aliphatic heterocycles. The Morgan fingerprint density at radius 1 is 1.12 bits per heavy atom. The molecular formula is C26H28N2O5S. The molecule has 1 heterocycles. The second-order valence-corrected chi connectivity index (χ2v) is 9.19. The van der Waals surface area contributed by atoms with Crippen molar-refractivity contribution < 1.29 is 23.8 Å². The number of esters is 1. The lowest BCUT2D eigenvalue weighted by molar-refractivity contribution is -0.135. The molecule has 1 atom stereocenters. The third-order valence-electron chi connectivity index (χ3n) is 6.14. The van der Waals surface area contributed by atoms with E-state index < -0.39 is 5.97 Å². The number of ether oxygens (including phenoxy) is 3. The fraction of sp³-hybridized carbons (Fsp3) is 0.346. The molecule has 1 aliphatic carbocycles. The number of amides is 1. The lowest BCUT2D eigenvalue weighted by Crippen LogP contribution is -2.36. The van der Waals surface area contributed by atoms with Crippen molar-refractivity contribution in [3.63, 3.8) is 0 Å². The van der Waals surface area contributed by atoms with Gasteiger partial charge in [0, 0.05) is 12.6 Å². The summed E-state index contributed by atoms with van der Waals surface area (Å²) in [6.07, 6.45) is 2.95. The first-order chi connectivity index (χ1) is 16.4. The Balaban J connectivity index is 1.43. The van der Waals surface area contributed by atoms with Crippen LogP contribution < -0.4 is 9.47 Å². The maximum absolute atomic E-state index is 12.8. The van der Waals surface area contributed by atoms with Gasteiger partial charge in [0.15, 0.2) is 18.1 Å². The number of hydrogen-bond donors (Lipinski definition) is 0. The van der Waals surface area contributed by atoms with Crippen LogP contribution in [0.5, 0.6) is 11.5 Å². The Hall–Kier alpha value is -3.39. The fourth-order valence-electron chi connectivity index (χ4n) is 4.28. The van der Waals surface area contributed by atoms with Gasteiger partial charge < -0.3 is 19.1 Å². The molecule has 0 fully saturated rings. The van der Waals surface area contributed by atoms with E-state index in [4.69, 9.17) is 14.2 Å². The van der Waals surface area contributed by atoms with Crippen molar-refractivity contribution in [2.45, 2.75) is 32.2 Å². The lowest BCUT2D eigenvalue weighted by atomic mass is 9.87. The quantitative estimate of drug-likeness (QED) is 0.451. The van der Waals surface area contributed by atoms with Crippen LogP contribution in [-0.4, -0.2) is 49.6 Å². The topological polar surface area (TPSA) is 78.0 Å². The van der Waals surface area contributed by atoms with E-state index in [0.29, 0.717) is 27.1 Å². The van der Waals surface area contributed by atoms with Crippen LogP contribution in [0, 0.1) is 6.92 Å². The average Bonchev–Trinajstić information content (AvgIpc) is 3.27. The van der Waals surface area contributed by atoms with Crippen LogP contribution in [0.2, 0.25) is 0 Å². The first-order valence-corrected chi connectivity index (χ1v) is 11.9. The van der Waals surface area contributed by atoms with Crippen LogP contribution in [-0.2, 0) is 16.0 Å². The monoisotopic (exact) mass is 480 g/mol. The molecule has 0 bridgehead atoms. The number of rotatable bonds is 7. The summed E-state index contributed by atoms with van der Waals surface area (Å²) in [5.74, 6) is 0.419. The molecule has 3 aromatic rings. The van der Waals surface area contributed by atoms with Crippen LogP contribution in [0.4, 0.5) is 0 Å². The second kappa shape index (κ2) is 10.3. The highest BCUT2D eigenvalue weighted by Gasteiger charge is 2.27. The number of carbonyl (C=O) groups is 2. The molecule has 0 saturated heterocycles. The Kier molecular flexibility index (Phi) is 7.17. The van der Waals surface area contributed by atoms with Gasteiger partial charge in [0.25, 0.3) is 5.91 Å². The summed E-state index contributed by atoms with van der Waals surface area (Å²) in [5, 5.41) is 0.660. The number of hydrogen-bond acceptors (Lipinski definition) is 7. The standard InChI is InChI=1S/C26H28N2O5S/c1-16-24(34-25(27-16)18-12-13-21(31-3)22(14-18)32-4)26(30)33-15-23(29)28(2)20-11-7-9-17-8-5-6-10-19(17)20/h5-6,8,10,12-14,20H,7,9,11,15H2,1-4H3. The Morgan fingerprint density at radius 3 is 2.65 bits per heavy atom. The molecular weight excluding hydrogens is 452 g/mol. The zero-order valence-corrected chi connectivity index (χ0v) is 20.6. The summed E-state index contributed by atoms with van der Waals surface area (Å²) in [5.41, 5.74) is 3.81. The van der Waals surface area contributed by atoms with Crippen molar-refractivity contribution in [3.8, 4) is 22.1 Å². The number of nitrogens with zero attached hydrogens (tertiary/aromatic N) is 2. The number of fused-ring (bicyclic) bond motifs is 1. The molecule has 0 N–H and O–H groups in total. The molecule has 0 radical (unpaired) electrons. The van der Waals surface area contributed by atoms with Gasteiger partial charge in [-0.05, 0) is 55.5 Å². The van der Waals surface area contributed by atoms with Gasteiger partial charge in [-0.2, -0.15) is 0 Å². The maximum atomic E-state index is 12.8. The van der Waals surface area contributed by atoms with Crippen molar-refractivity contribution in [1.82, 2.24) is 9.88 Å². The first-order valence-electron chi connectivity index (χ1n) is 11.1. The summed E-state index contributed by atoms with van der Waals surface area (Å²) < 4.78 is 16.0. The van der Waals surface area contributed by atoms with Gasteiger partial charge >= 0.3 is 5.97 Å². The van der Waals surface area contributed by atoms with Crippen molar-refractivity contribution in [2.24, 2.45) is 0 Å². The highest BCUT2D eigenvalue weighted by Crippen LogP contribution is 2.36. The van der Waals surface area contributed by atoms with E-state index >= 15 is 0 Å². The highest BCUT2D eigenvalue weighted by atomic mass is 32.1. The summed E-state index contributed by atoms with van der Waals surface area (Å²) in [6, 6.07) is 13.7. The van der Waals surface area contributed by atoms with Crippen LogP contribution in [0.1, 0.15) is 45.4 Å². The van der Waals surface area contributed by atoms with Crippen LogP contribution in [0.3, 0.4) is 0 Å². The van der Waals surface area contributed by atoms with Crippen LogP contribution in [0.25, 0.3) is 10.6 Å². The summed E-state index contributed by atoms with van der Waals surface area (Å²) in [6.45, 7) is 1.45. The smallest absolute Gasteiger partial charge is 0.350 e. The molecule has 0 saturated carbocycles. The number of thiazole rings is 1. The molecule has 1 aromatic heterocycles. The third-order valence-corrected chi connectivity index (χ3v) is 7.32. The largest absolute Gasteiger partial charge is 0.493 e. The van der Waals surface area contributed by atoms with Crippen molar-refractivity contribution >= 4 is 23.2 Å². The average molecular weight is 481 g/mol. The highest BCUT2D eigenvalue weighted by molar-refractivity contribution is 7.17. The van der Waals surface area contributed by atoms with E-state index in [2.05, 4.69) is 17.1 Å². The zero-order chi connectivity index (χ0) is 24.2. The molecule has 0 spiro atoms. The van der Waals surface area contributed by atoms with Gasteiger partial charge in [0.1, 0.15) is 9.88 Å². The van der Waals surface area contributed by atoms with E-state index in [-0.39, 0.29) is 18.6 Å². The zero-order valence-electron chi connectivity index (χ0n) is 19.8. The van der Waals surface area contributed by atoms with Crippen molar-refractivity contribution in [3.05, 3.63) is 64.2 Å². The molecule has 34 heavy (non-hydrogen) atoms. The molecule has 2 aromatic carbocycles. The molecule has 7 nitrogen and oxygen atoms in total. The summed E-state index contributed by atoms with van der Waals surface area (Å²) >= 11 is 1.23. The first kappa shape index (κ1) is 23.8. The van der Waals surface area contributed by atoms with Crippen molar-refractivity contribution in [2.75, 3.05) is 27.9 Å². The van der Waals surface area contributed by atoms with Crippen LogP contribution in [0.15, 0.2) is 42.5 Å². The SMILES string of the molecule is COc1ccc(-c2nc(C)c(C(=O)OCC(=O)N(C)C3CCCc4ccccc43)s2)cc1OC. The number of methoxy groups -OCH3 is 2. The number of likely N-dealkylation sites (N-methyl/N-ethyl adjacent to an activating group) is 1. The van der Waals surface area contributed by atoms with E-state index in [1.165, 1.54) is 22.5 Å². The number of aryl methyl sites for hydroxylation is 2. The van der Waals surface area contributed by atoms with E-state index in [1.807, 2.05) is 24.3 Å². The Labute approximate surface area is 203 Å². The lowest BCUT2D eigenvalue weighted by Gasteiger charge is -2.33. The van der Waals surface area contributed by atoms with Gasteiger partial charge in [0.2, 0.25) is 0 Å². The summed E-state index contributed by atoms with van der Waals surface area (Å²) in [4.78, 5) is 32.2. The molecule has 8 heteroatoms. The summed E-state index contributed by atoms with van der Waals surface area (Å²) in [7, 11) is 4.92. The second-order valence-electron chi connectivity index (χ2n) is 8.19. The number of benzene rings is 2. The molecule has 1 amide bonds. The van der Waals surface area contributed by atoms with Crippen LogP contribution >= 0.6 is 11.3 Å². The predicted molar refractivity (Wildman–Crippen MR) is 131 cm³/mol. The maximum Gasteiger partial charge on any atom is 0.350 e. The Bertz CT molecular complexity index is 1210. The normalized spacial score (nSPS) is 14.8. The van der Waals surface area contributed by atoms with E-state index in [0.717, 1.165) is 24.8 Å². The van der Waals surface area contributed by atoms with Gasteiger partial charge in [-0.1, -0.05) is 24.3 Å². The van der Waals surface area contributed by atoms with Gasteiger partial charge in [-0.15, -0.1) is 11.3 Å². The number of aromatic nitrogens is 1. The minimum Gasteiger partial charge on any atom is -0.493 e. The molecule has 1 aliphatic rings.